The van der Waals surface area contributed by atoms with E-state index in [9.17, 15) is 4.79 Å². The molecule has 2 atom stereocenters. The van der Waals surface area contributed by atoms with Gasteiger partial charge in [0.2, 0.25) is 0 Å². The third-order valence-corrected chi connectivity index (χ3v) is 2.72. The van der Waals surface area contributed by atoms with Crippen LogP contribution in [0, 0.1) is 0 Å². The molecule has 2 unspecified atom stereocenters. The van der Waals surface area contributed by atoms with Gasteiger partial charge in [-0.05, 0) is 12.5 Å². The SMILES string of the molecule is CC1=NC(C)(c2ccccc2)C(C=O)O1. The largest absolute Gasteiger partial charge is 0.467 e. The molecule has 0 amide bonds. The maximum absolute atomic E-state index is 10.9. The topological polar surface area (TPSA) is 38.7 Å². The smallest absolute Gasteiger partial charge is 0.184 e. The zero-order valence-corrected chi connectivity index (χ0v) is 8.81. The van der Waals surface area contributed by atoms with Crippen LogP contribution in [0.1, 0.15) is 19.4 Å². The monoisotopic (exact) mass is 203 g/mol. The van der Waals surface area contributed by atoms with Gasteiger partial charge >= 0.3 is 0 Å². The number of rotatable bonds is 2. The third-order valence-electron chi connectivity index (χ3n) is 2.72. The van der Waals surface area contributed by atoms with Crippen LogP contribution in [0.5, 0.6) is 0 Å². The van der Waals surface area contributed by atoms with Crippen molar-refractivity contribution >= 4 is 12.2 Å². The first kappa shape index (κ1) is 9.90. The van der Waals surface area contributed by atoms with E-state index < -0.39 is 11.6 Å². The maximum Gasteiger partial charge on any atom is 0.184 e. The van der Waals surface area contributed by atoms with Crippen LogP contribution in [0.3, 0.4) is 0 Å². The first-order valence-corrected chi connectivity index (χ1v) is 4.91. The molecule has 1 heterocycles. The summed E-state index contributed by atoms with van der Waals surface area (Å²) in [6.07, 6.45) is 0.299. The third kappa shape index (κ3) is 1.54. The fraction of sp³-hybridized carbons (Fsp3) is 0.333. The molecule has 0 aliphatic carbocycles. The highest BCUT2D eigenvalue weighted by Crippen LogP contribution is 2.34. The average Bonchev–Trinajstić information content (AvgIpc) is 2.56. The summed E-state index contributed by atoms with van der Waals surface area (Å²) >= 11 is 0. The Balaban J connectivity index is 2.45. The van der Waals surface area contributed by atoms with E-state index in [0.717, 1.165) is 11.8 Å². The van der Waals surface area contributed by atoms with E-state index in [2.05, 4.69) is 4.99 Å². The van der Waals surface area contributed by atoms with E-state index in [1.165, 1.54) is 0 Å². The molecule has 0 N–H and O–H groups in total. The molecule has 1 aliphatic rings. The van der Waals surface area contributed by atoms with Crippen molar-refractivity contribution in [3.8, 4) is 0 Å². The van der Waals surface area contributed by atoms with Crippen molar-refractivity contribution in [3.05, 3.63) is 35.9 Å². The Morgan fingerprint density at radius 2 is 2.07 bits per heavy atom. The molecule has 3 heteroatoms. The Hall–Kier alpha value is -1.64. The summed E-state index contributed by atoms with van der Waals surface area (Å²) in [5.41, 5.74) is 0.423. The van der Waals surface area contributed by atoms with Gasteiger partial charge in [0.15, 0.2) is 18.3 Å². The molecule has 1 aromatic carbocycles. The Kier molecular flexibility index (Phi) is 2.31. The van der Waals surface area contributed by atoms with Crippen LogP contribution >= 0.6 is 0 Å². The van der Waals surface area contributed by atoms with Gasteiger partial charge in [0, 0.05) is 6.92 Å². The molecular weight excluding hydrogens is 190 g/mol. The summed E-state index contributed by atoms with van der Waals surface area (Å²) in [5.74, 6) is 0.568. The number of carbonyl (C=O) groups excluding carboxylic acids is 1. The number of hydrogen-bond acceptors (Lipinski definition) is 3. The minimum absolute atomic E-state index is 0.514. The molecule has 0 bridgehead atoms. The number of aliphatic imine (C=N–C) groups is 1. The molecule has 78 valence electrons. The van der Waals surface area contributed by atoms with Gasteiger partial charge in [-0.2, -0.15) is 0 Å². The summed E-state index contributed by atoms with van der Waals surface area (Å²) in [6, 6.07) is 9.73. The van der Waals surface area contributed by atoms with Crippen molar-refractivity contribution in [2.24, 2.45) is 4.99 Å². The van der Waals surface area contributed by atoms with Gasteiger partial charge in [-0.3, -0.25) is 4.79 Å². The quantitative estimate of drug-likeness (QED) is 0.689. The van der Waals surface area contributed by atoms with Crippen LogP contribution in [0.15, 0.2) is 35.3 Å². The van der Waals surface area contributed by atoms with Crippen molar-refractivity contribution < 1.29 is 9.53 Å². The molecule has 15 heavy (non-hydrogen) atoms. The van der Waals surface area contributed by atoms with Crippen molar-refractivity contribution in [3.63, 3.8) is 0 Å². The highest BCUT2D eigenvalue weighted by Gasteiger charge is 2.42. The summed E-state index contributed by atoms with van der Waals surface area (Å²) < 4.78 is 5.36. The summed E-state index contributed by atoms with van der Waals surface area (Å²) in [7, 11) is 0. The molecule has 1 aliphatic heterocycles. The first-order valence-electron chi connectivity index (χ1n) is 4.91. The number of hydrogen-bond donors (Lipinski definition) is 0. The lowest BCUT2D eigenvalue weighted by Crippen LogP contribution is -2.33. The Morgan fingerprint density at radius 1 is 1.40 bits per heavy atom. The van der Waals surface area contributed by atoms with E-state index in [1.54, 1.807) is 6.92 Å². The highest BCUT2D eigenvalue weighted by molar-refractivity contribution is 5.80. The van der Waals surface area contributed by atoms with Crippen molar-refractivity contribution in [2.75, 3.05) is 0 Å². The summed E-state index contributed by atoms with van der Waals surface area (Å²) in [4.78, 5) is 15.3. The van der Waals surface area contributed by atoms with Gasteiger partial charge < -0.3 is 4.74 Å². The lowest BCUT2D eigenvalue weighted by molar-refractivity contribution is -0.115. The van der Waals surface area contributed by atoms with Gasteiger partial charge in [-0.1, -0.05) is 30.3 Å². The van der Waals surface area contributed by atoms with Crippen molar-refractivity contribution in [1.82, 2.24) is 0 Å². The molecule has 2 rings (SSSR count). The standard InChI is InChI=1S/C12H13NO2/c1-9-13-12(2,11(8-14)15-9)10-6-4-3-5-7-10/h3-8,11H,1-2H3. The van der Waals surface area contributed by atoms with Crippen LogP contribution in [0.25, 0.3) is 0 Å². The predicted molar refractivity (Wildman–Crippen MR) is 57.8 cm³/mol. The normalized spacial score (nSPS) is 29.5. The molecule has 0 radical (unpaired) electrons. The second-order valence-electron chi connectivity index (χ2n) is 3.82. The van der Waals surface area contributed by atoms with Crippen LogP contribution in [-0.4, -0.2) is 18.3 Å². The molecule has 0 saturated carbocycles. The van der Waals surface area contributed by atoms with E-state index >= 15 is 0 Å². The number of carbonyl (C=O) groups is 1. The number of nitrogens with zero attached hydrogens (tertiary/aromatic N) is 1. The molecule has 0 fully saturated rings. The van der Waals surface area contributed by atoms with E-state index in [-0.39, 0.29) is 0 Å². The van der Waals surface area contributed by atoms with Crippen LogP contribution in [0.4, 0.5) is 0 Å². The lowest BCUT2D eigenvalue weighted by Gasteiger charge is -2.23. The van der Waals surface area contributed by atoms with Crippen molar-refractivity contribution in [1.29, 1.82) is 0 Å². The van der Waals surface area contributed by atoms with Crippen LogP contribution in [-0.2, 0) is 15.1 Å². The van der Waals surface area contributed by atoms with E-state index in [1.807, 2.05) is 37.3 Å². The molecule has 3 nitrogen and oxygen atoms in total. The zero-order valence-electron chi connectivity index (χ0n) is 8.81. The second-order valence-corrected chi connectivity index (χ2v) is 3.82. The maximum atomic E-state index is 10.9. The first-order chi connectivity index (χ1) is 7.16. The minimum atomic E-state index is -0.576. The Morgan fingerprint density at radius 3 is 2.67 bits per heavy atom. The predicted octanol–water partition coefficient (Wildman–Crippen LogP) is 1.92. The van der Waals surface area contributed by atoms with Gasteiger partial charge in [-0.25, -0.2) is 4.99 Å². The van der Waals surface area contributed by atoms with Gasteiger partial charge in [0.25, 0.3) is 0 Å². The fourth-order valence-corrected chi connectivity index (χ4v) is 1.88. The van der Waals surface area contributed by atoms with E-state index in [4.69, 9.17) is 4.74 Å². The molecular formula is C12H13NO2. The van der Waals surface area contributed by atoms with Gasteiger partial charge in [0.1, 0.15) is 5.54 Å². The summed E-state index contributed by atoms with van der Waals surface area (Å²) in [5, 5.41) is 0. The number of ether oxygens (including phenoxy) is 1. The van der Waals surface area contributed by atoms with Crippen molar-refractivity contribution in [2.45, 2.75) is 25.5 Å². The van der Waals surface area contributed by atoms with E-state index in [0.29, 0.717) is 5.90 Å². The van der Waals surface area contributed by atoms with Gasteiger partial charge in [0.05, 0.1) is 0 Å². The summed E-state index contributed by atoms with van der Waals surface area (Å²) in [6.45, 7) is 3.68. The average molecular weight is 203 g/mol. The molecule has 0 saturated heterocycles. The Labute approximate surface area is 88.8 Å². The number of benzene rings is 1. The highest BCUT2D eigenvalue weighted by atomic mass is 16.5. The zero-order chi connectivity index (χ0) is 10.9. The minimum Gasteiger partial charge on any atom is -0.467 e. The van der Waals surface area contributed by atoms with Crippen LogP contribution in [0.2, 0.25) is 0 Å². The van der Waals surface area contributed by atoms with Gasteiger partial charge in [-0.15, -0.1) is 0 Å². The molecule has 0 aromatic heterocycles. The fourth-order valence-electron chi connectivity index (χ4n) is 1.88. The number of aldehydes is 1. The molecule has 0 spiro atoms. The second kappa shape index (κ2) is 3.50. The molecule has 1 aromatic rings. The van der Waals surface area contributed by atoms with Crippen LogP contribution < -0.4 is 0 Å². The Bertz CT molecular complexity index is 399. The lowest BCUT2D eigenvalue weighted by atomic mass is 9.88.